The molecule has 2 N–H and O–H groups in total. The number of hydrogen-bond acceptors (Lipinski definition) is 5. The molecule has 0 bridgehead atoms. The molecule has 0 spiro atoms. The van der Waals surface area contributed by atoms with Gasteiger partial charge in [-0.15, -0.1) is 0 Å². The van der Waals surface area contributed by atoms with Crippen LogP contribution in [0.15, 0.2) is 60.7 Å². The Balaban J connectivity index is 1.93. The SMILES string of the molecule is CCOC(=O)CC(C)c1cccc(NC(=O)c2cc(O)ccc2Oc2ccc(C(C)(C)CC)cc2C(C)(C)CC)c1. The summed E-state index contributed by atoms with van der Waals surface area (Å²) in [6.07, 6.45) is 2.16. The van der Waals surface area contributed by atoms with Gasteiger partial charge in [0.15, 0.2) is 0 Å². The minimum absolute atomic E-state index is 0.0169. The molecular weight excluding hydrogens is 514 g/mol. The van der Waals surface area contributed by atoms with Crippen LogP contribution in [0.4, 0.5) is 5.69 Å². The number of nitrogens with one attached hydrogen (secondary N) is 1. The molecule has 6 nitrogen and oxygen atoms in total. The maximum Gasteiger partial charge on any atom is 0.306 e. The Morgan fingerprint density at radius 2 is 1.56 bits per heavy atom. The van der Waals surface area contributed by atoms with Gasteiger partial charge in [0.2, 0.25) is 0 Å². The molecule has 1 unspecified atom stereocenters. The molecule has 0 radical (unpaired) electrons. The van der Waals surface area contributed by atoms with Gasteiger partial charge in [0.05, 0.1) is 18.6 Å². The zero-order valence-corrected chi connectivity index (χ0v) is 25.8. The number of aromatic hydroxyl groups is 1. The summed E-state index contributed by atoms with van der Waals surface area (Å²) in [5, 5.41) is 13.2. The molecule has 3 rings (SSSR count). The van der Waals surface area contributed by atoms with Crippen LogP contribution in [0.1, 0.15) is 108 Å². The van der Waals surface area contributed by atoms with E-state index in [0.717, 1.165) is 24.0 Å². The van der Waals surface area contributed by atoms with Gasteiger partial charge in [-0.25, -0.2) is 0 Å². The van der Waals surface area contributed by atoms with Crippen molar-refractivity contribution in [1.82, 2.24) is 0 Å². The summed E-state index contributed by atoms with van der Waals surface area (Å²) in [7, 11) is 0. The molecule has 0 aliphatic heterocycles. The fraction of sp³-hybridized carbons (Fsp3) is 0.429. The first-order valence-electron chi connectivity index (χ1n) is 14.5. The first kappa shape index (κ1) is 31.7. The van der Waals surface area contributed by atoms with Gasteiger partial charge in [0, 0.05) is 11.3 Å². The predicted octanol–water partition coefficient (Wildman–Crippen LogP) is 8.87. The summed E-state index contributed by atoms with van der Waals surface area (Å²) in [6, 6.07) is 18.3. The lowest BCUT2D eigenvalue weighted by molar-refractivity contribution is -0.143. The van der Waals surface area contributed by atoms with E-state index in [1.165, 1.54) is 17.7 Å². The van der Waals surface area contributed by atoms with E-state index < -0.39 is 5.91 Å². The molecule has 0 fully saturated rings. The zero-order chi connectivity index (χ0) is 30.4. The lowest BCUT2D eigenvalue weighted by Gasteiger charge is -2.30. The topological polar surface area (TPSA) is 84.9 Å². The first-order valence-corrected chi connectivity index (χ1v) is 14.5. The van der Waals surface area contributed by atoms with Gasteiger partial charge in [-0.1, -0.05) is 72.7 Å². The van der Waals surface area contributed by atoms with E-state index in [-0.39, 0.29) is 40.5 Å². The number of benzene rings is 3. The Morgan fingerprint density at radius 1 is 0.878 bits per heavy atom. The van der Waals surface area contributed by atoms with Crippen LogP contribution in [-0.2, 0) is 20.4 Å². The molecule has 1 atom stereocenters. The Bertz CT molecular complexity index is 1370. The van der Waals surface area contributed by atoms with Crippen molar-refractivity contribution in [3.8, 4) is 17.2 Å². The number of ether oxygens (including phenoxy) is 2. The Kier molecular flexibility index (Phi) is 10.2. The maximum atomic E-state index is 13.5. The lowest BCUT2D eigenvalue weighted by atomic mass is 9.76. The lowest BCUT2D eigenvalue weighted by Crippen LogP contribution is -2.21. The van der Waals surface area contributed by atoms with Crippen LogP contribution in [0.5, 0.6) is 17.2 Å². The summed E-state index contributed by atoms with van der Waals surface area (Å²) < 4.78 is 11.5. The normalized spacial score (nSPS) is 12.5. The average Bonchev–Trinajstić information content (AvgIpc) is 2.94. The summed E-state index contributed by atoms with van der Waals surface area (Å²) in [4.78, 5) is 25.5. The Hall–Kier alpha value is -3.80. The van der Waals surface area contributed by atoms with E-state index in [9.17, 15) is 14.7 Å². The van der Waals surface area contributed by atoms with Crippen LogP contribution in [0.25, 0.3) is 0 Å². The molecule has 3 aromatic carbocycles. The van der Waals surface area contributed by atoms with E-state index >= 15 is 0 Å². The highest BCUT2D eigenvalue weighted by Gasteiger charge is 2.27. The highest BCUT2D eigenvalue weighted by Crippen LogP contribution is 2.41. The van der Waals surface area contributed by atoms with Crippen LogP contribution in [0.3, 0.4) is 0 Å². The Labute approximate surface area is 245 Å². The van der Waals surface area contributed by atoms with Crippen molar-refractivity contribution >= 4 is 17.6 Å². The molecule has 220 valence electrons. The van der Waals surface area contributed by atoms with Gasteiger partial charge in [0.25, 0.3) is 5.91 Å². The molecule has 3 aromatic rings. The van der Waals surface area contributed by atoms with Crippen molar-refractivity contribution in [2.24, 2.45) is 0 Å². The molecule has 41 heavy (non-hydrogen) atoms. The van der Waals surface area contributed by atoms with Crippen LogP contribution in [-0.4, -0.2) is 23.6 Å². The molecule has 1 amide bonds. The summed E-state index contributed by atoms with van der Waals surface area (Å²) in [6.45, 7) is 17.3. The quantitative estimate of drug-likeness (QED) is 0.217. The van der Waals surface area contributed by atoms with Crippen LogP contribution in [0, 0.1) is 0 Å². The van der Waals surface area contributed by atoms with Gasteiger partial charge in [-0.3, -0.25) is 9.59 Å². The third-order valence-electron chi connectivity index (χ3n) is 8.18. The highest BCUT2D eigenvalue weighted by molar-refractivity contribution is 6.06. The van der Waals surface area contributed by atoms with Crippen molar-refractivity contribution in [3.63, 3.8) is 0 Å². The number of rotatable bonds is 12. The number of amides is 1. The third-order valence-corrected chi connectivity index (χ3v) is 8.18. The maximum absolute atomic E-state index is 13.5. The minimum Gasteiger partial charge on any atom is -0.508 e. The molecule has 0 aliphatic carbocycles. The second-order valence-corrected chi connectivity index (χ2v) is 12.0. The van der Waals surface area contributed by atoms with Crippen LogP contribution >= 0.6 is 0 Å². The number of anilines is 1. The zero-order valence-electron chi connectivity index (χ0n) is 25.8. The van der Waals surface area contributed by atoms with E-state index in [0.29, 0.717) is 23.8 Å². The summed E-state index contributed by atoms with van der Waals surface area (Å²) >= 11 is 0. The minimum atomic E-state index is -0.411. The molecule has 0 aromatic heterocycles. The fourth-order valence-electron chi connectivity index (χ4n) is 4.58. The number of esters is 1. The van der Waals surface area contributed by atoms with Gasteiger partial charge < -0.3 is 19.9 Å². The highest BCUT2D eigenvalue weighted by atomic mass is 16.5. The van der Waals surface area contributed by atoms with Crippen molar-refractivity contribution in [3.05, 3.63) is 82.9 Å². The monoisotopic (exact) mass is 559 g/mol. The van der Waals surface area contributed by atoms with E-state index in [1.54, 1.807) is 19.1 Å². The number of hydrogen-bond donors (Lipinski definition) is 2. The van der Waals surface area contributed by atoms with Crippen molar-refractivity contribution < 1.29 is 24.2 Å². The summed E-state index contributed by atoms with van der Waals surface area (Å²) in [5.41, 5.74) is 3.87. The van der Waals surface area contributed by atoms with E-state index in [2.05, 4.69) is 59.0 Å². The van der Waals surface area contributed by atoms with Gasteiger partial charge in [0.1, 0.15) is 17.2 Å². The fourth-order valence-corrected chi connectivity index (χ4v) is 4.58. The number of phenols is 1. The van der Waals surface area contributed by atoms with Crippen molar-refractivity contribution in [2.45, 2.75) is 91.4 Å². The smallest absolute Gasteiger partial charge is 0.306 e. The van der Waals surface area contributed by atoms with Crippen LogP contribution < -0.4 is 10.1 Å². The van der Waals surface area contributed by atoms with Gasteiger partial charge in [-0.2, -0.15) is 0 Å². The number of carbonyl (C=O) groups excluding carboxylic acids is 2. The predicted molar refractivity (Wildman–Crippen MR) is 165 cm³/mol. The molecular formula is C35H45NO5. The van der Waals surface area contributed by atoms with Crippen LogP contribution in [0.2, 0.25) is 0 Å². The van der Waals surface area contributed by atoms with Gasteiger partial charge >= 0.3 is 5.97 Å². The standard InChI is InChI=1S/C35H45NO5/c1-9-34(5,6)25-15-17-31(29(21-25)35(7,8)10-2)41-30-18-16-27(37)22-28(30)33(39)36-26-14-12-13-24(20-26)23(4)19-32(38)40-11-3/h12-18,20-23,37H,9-11,19H2,1-8H3,(H,36,39). The number of carbonyl (C=O) groups is 2. The molecule has 0 aliphatic rings. The molecule has 0 saturated heterocycles. The van der Waals surface area contributed by atoms with E-state index in [4.69, 9.17) is 9.47 Å². The van der Waals surface area contributed by atoms with E-state index in [1.807, 2.05) is 31.2 Å². The molecule has 0 saturated carbocycles. The Morgan fingerprint density at radius 3 is 2.22 bits per heavy atom. The number of phenolic OH excluding ortho intramolecular Hbond substituents is 1. The third kappa shape index (κ3) is 7.90. The molecule has 6 heteroatoms. The van der Waals surface area contributed by atoms with Crippen molar-refractivity contribution in [1.29, 1.82) is 0 Å². The largest absolute Gasteiger partial charge is 0.508 e. The first-order chi connectivity index (χ1) is 19.3. The van der Waals surface area contributed by atoms with Crippen molar-refractivity contribution in [2.75, 3.05) is 11.9 Å². The average molecular weight is 560 g/mol. The molecule has 0 heterocycles. The summed E-state index contributed by atoms with van der Waals surface area (Å²) in [5.74, 6) is 0.254. The second kappa shape index (κ2) is 13.2. The van der Waals surface area contributed by atoms with Gasteiger partial charge in [-0.05, 0) is 84.0 Å². The second-order valence-electron chi connectivity index (χ2n) is 12.0.